The molecule has 1 aliphatic rings. The van der Waals surface area contributed by atoms with Gasteiger partial charge in [0, 0.05) is 25.4 Å². The smallest absolute Gasteiger partial charge is 0.193 e. The van der Waals surface area contributed by atoms with Gasteiger partial charge in [0.2, 0.25) is 0 Å². The van der Waals surface area contributed by atoms with Crippen molar-refractivity contribution < 1.29 is 8.42 Å². The van der Waals surface area contributed by atoms with Gasteiger partial charge < -0.3 is 10.2 Å². The highest BCUT2D eigenvalue weighted by Crippen LogP contribution is 2.23. The van der Waals surface area contributed by atoms with E-state index in [0.717, 1.165) is 37.4 Å². The summed E-state index contributed by atoms with van der Waals surface area (Å²) in [6.07, 6.45) is 2.45. The predicted octanol–water partition coefficient (Wildman–Crippen LogP) is 1.75. The lowest BCUT2D eigenvalue weighted by atomic mass is 9.97. The molecule has 0 aromatic heterocycles. The average molecular weight is 317 g/mol. The second-order valence-corrected chi connectivity index (χ2v) is 8.68. The molecule has 0 spiro atoms. The van der Waals surface area contributed by atoms with Gasteiger partial charge >= 0.3 is 0 Å². The van der Waals surface area contributed by atoms with Crippen molar-refractivity contribution in [1.82, 2.24) is 10.2 Å². The molecule has 1 rings (SSSR count). The van der Waals surface area contributed by atoms with E-state index in [4.69, 9.17) is 0 Å². The summed E-state index contributed by atoms with van der Waals surface area (Å²) in [5, 5.41) is 3.28. The van der Waals surface area contributed by atoms with E-state index in [-0.39, 0.29) is 11.5 Å². The molecule has 5 nitrogen and oxygen atoms in total. The summed E-state index contributed by atoms with van der Waals surface area (Å²) in [5.74, 6) is 2.66. The predicted molar refractivity (Wildman–Crippen MR) is 89.4 cm³/mol. The Kier molecular flexibility index (Phi) is 7.49. The van der Waals surface area contributed by atoms with Crippen LogP contribution in [0.2, 0.25) is 0 Å². The van der Waals surface area contributed by atoms with Crippen LogP contribution in [0.3, 0.4) is 0 Å². The van der Waals surface area contributed by atoms with Crippen molar-refractivity contribution >= 4 is 15.8 Å². The Morgan fingerprint density at radius 3 is 2.67 bits per heavy atom. The highest BCUT2D eigenvalue weighted by Gasteiger charge is 2.25. The summed E-state index contributed by atoms with van der Waals surface area (Å²) in [6.45, 7) is 11.5. The first kappa shape index (κ1) is 18.3. The van der Waals surface area contributed by atoms with Gasteiger partial charge in [0.15, 0.2) is 15.8 Å². The highest BCUT2D eigenvalue weighted by molar-refractivity contribution is 7.91. The average Bonchev–Trinajstić information content (AvgIpc) is 2.85. The third kappa shape index (κ3) is 6.68. The molecule has 1 saturated heterocycles. The quantitative estimate of drug-likeness (QED) is 0.574. The highest BCUT2D eigenvalue weighted by atomic mass is 32.2. The number of guanidine groups is 1. The Hall–Kier alpha value is -0.780. The Morgan fingerprint density at radius 2 is 2.10 bits per heavy atom. The van der Waals surface area contributed by atoms with Crippen LogP contribution in [0.5, 0.6) is 0 Å². The number of sulfone groups is 1. The molecule has 0 radical (unpaired) electrons. The summed E-state index contributed by atoms with van der Waals surface area (Å²) in [6, 6.07) is 0. The number of rotatable bonds is 7. The summed E-state index contributed by atoms with van der Waals surface area (Å²) in [7, 11) is -2.93. The maximum atomic E-state index is 11.5. The van der Waals surface area contributed by atoms with E-state index in [9.17, 15) is 8.42 Å². The Morgan fingerprint density at radius 1 is 1.38 bits per heavy atom. The molecular weight excluding hydrogens is 286 g/mol. The van der Waals surface area contributed by atoms with E-state index in [0.29, 0.717) is 6.54 Å². The molecule has 21 heavy (non-hydrogen) atoms. The Balaban J connectivity index is 2.57. The molecule has 1 aliphatic heterocycles. The van der Waals surface area contributed by atoms with Gasteiger partial charge in [-0.05, 0) is 31.6 Å². The van der Waals surface area contributed by atoms with Crippen molar-refractivity contribution in [3.05, 3.63) is 0 Å². The van der Waals surface area contributed by atoms with Crippen molar-refractivity contribution in [2.75, 3.05) is 37.7 Å². The van der Waals surface area contributed by atoms with E-state index >= 15 is 0 Å². The third-order valence-corrected chi connectivity index (χ3v) is 5.51. The molecule has 0 aromatic rings. The number of nitrogens with one attached hydrogen (secondary N) is 1. The van der Waals surface area contributed by atoms with Crippen molar-refractivity contribution in [3.8, 4) is 0 Å². The van der Waals surface area contributed by atoms with E-state index in [1.165, 1.54) is 12.8 Å². The molecule has 1 atom stereocenters. The molecular formula is C15H31N3O2S. The zero-order valence-electron chi connectivity index (χ0n) is 13.9. The van der Waals surface area contributed by atoms with E-state index in [1.54, 1.807) is 6.92 Å². The lowest BCUT2D eigenvalue weighted by molar-refractivity contribution is 0.404. The van der Waals surface area contributed by atoms with Crippen molar-refractivity contribution in [1.29, 1.82) is 0 Å². The van der Waals surface area contributed by atoms with Crippen LogP contribution in [-0.4, -0.2) is 57.0 Å². The summed E-state index contributed by atoms with van der Waals surface area (Å²) in [4.78, 5) is 6.77. The second-order valence-electron chi connectivity index (χ2n) is 6.20. The van der Waals surface area contributed by atoms with Gasteiger partial charge in [0.05, 0.1) is 12.3 Å². The minimum absolute atomic E-state index is 0.141. The van der Waals surface area contributed by atoms with Crippen LogP contribution < -0.4 is 5.32 Å². The van der Waals surface area contributed by atoms with Crippen LogP contribution >= 0.6 is 0 Å². The van der Waals surface area contributed by atoms with E-state index in [2.05, 4.69) is 29.1 Å². The molecule has 1 heterocycles. The topological polar surface area (TPSA) is 61.8 Å². The number of nitrogens with zero attached hydrogens (tertiary/aromatic N) is 2. The number of hydrogen-bond donors (Lipinski definition) is 1. The lowest BCUT2D eigenvalue weighted by Crippen LogP contribution is -2.40. The van der Waals surface area contributed by atoms with Crippen LogP contribution in [0, 0.1) is 11.8 Å². The zero-order chi connectivity index (χ0) is 15.9. The minimum atomic E-state index is -2.93. The van der Waals surface area contributed by atoms with Crippen LogP contribution in [0.15, 0.2) is 4.99 Å². The SMILES string of the molecule is CCNC(=NCCS(=O)(=O)CC)N1CCC(CC(C)C)C1. The minimum Gasteiger partial charge on any atom is -0.357 e. The largest absolute Gasteiger partial charge is 0.357 e. The van der Waals surface area contributed by atoms with Crippen molar-refractivity contribution in [2.45, 2.75) is 40.5 Å². The molecule has 6 heteroatoms. The Bertz CT molecular complexity index is 432. The summed E-state index contributed by atoms with van der Waals surface area (Å²) >= 11 is 0. The van der Waals surface area contributed by atoms with Gasteiger partial charge in [-0.25, -0.2) is 8.42 Å². The lowest BCUT2D eigenvalue weighted by Gasteiger charge is -2.22. The van der Waals surface area contributed by atoms with Gasteiger partial charge in [-0.3, -0.25) is 4.99 Å². The maximum Gasteiger partial charge on any atom is 0.193 e. The fraction of sp³-hybridized carbons (Fsp3) is 0.933. The zero-order valence-corrected chi connectivity index (χ0v) is 14.7. The van der Waals surface area contributed by atoms with Crippen LogP contribution in [0.1, 0.15) is 40.5 Å². The first-order chi connectivity index (χ1) is 9.88. The summed E-state index contributed by atoms with van der Waals surface area (Å²) in [5.41, 5.74) is 0. The van der Waals surface area contributed by atoms with Crippen LogP contribution in [-0.2, 0) is 9.84 Å². The maximum absolute atomic E-state index is 11.5. The molecule has 0 amide bonds. The molecule has 0 aromatic carbocycles. The third-order valence-electron chi connectivity index (χ3n) is 3.83. The summed E-state index contributed by atoms with van der Waals surface area (Å²) < 4.78 is 23.1. The molecule has 1 unspecified atom stereocenters. The van der Waals surface area contributed by atoms with Crippen LogP contribution in [0.4, 0.5) is 0 Å². The van der Waals surface area contributed by atoms with Crippen LogP contribution in [0.25, 0.3) is 0 Å². The van der Waals surface area contributed by atoms with Crippen molar-refractivity contribution in [3.63, 3.8) is 0 Å². The van der Waals surface area contributed by atoms with Gasteiger partial charge in [-0.2, -0.15) is 0 Å². The first-order valence-electron chi connectivity index (χ1n) is 8.11. The molecule has 0 bridgehead atoms. The molecule has 1 N–H and O–H groups in total. The van der Waals surface area contributed by atoms with Gasteiger partial charge in [-0.15, -0.1) is 0 Å². The second kappa shape index (κ2) is 8.61. The molecule has 124 valence electrons. The molecule has 1 fully saturated rings. The molecule has 0 aliphatic carbocycles. The van der Waals surface area contributed by atoms with Gasteiger partial charge in [0.1, 0.15) is 0 Å². The Labute approximate surface area is 130 Å². The monoisotopic (exact) mass is 317 g/mol. The fourth-order valence-electron chi connectivity index (χ4n) is 2.74. The normalized spacial score (nSPS) is 20.3. The first-order valence-corrected chi connectivity index (χ1v) is 9.93. The number of likely N-dealkylation sites (tertiary alicyclic amines) is 1. The molecule has 0 saturated carbocycles. The van der Waals surface area contributed by atoms with E-state index < -0.39 is 9.84 Å². The standard InChI is InChI=1S/C15H31N3O2S/c1-5-16-15(17-8-10-21(19,20)6-2)18-9-7-14(12-18)11-13(3)4/h13-14H,5-12H2,1-4H3,(H,16,17). The number of aliphatic imine (C=N–C) groups is 1. The van der Waals surface area contributed by atoms with Crippen molar-refractivity contribution in [2.24, 2.45) is 16.8 Å². The fourth-order valence-corrected chi connectivity index (χ4v) is 3.40. The van der Waals surface area contributed by atoms with Gasteiger partial charge in [0.25, 0.3) is 0 Å². The number of hydrogen-bond acceptors (Lipinski definition) is 3. The van der Waals surface area contributed by atoms with Gasteiger partial charge in [-0.1, -0.05) is 20.8 Å². The van der Waals surface area contributed by atoms with E-state index in [1.807, 2.05) is 6.92 Å².